The first-order valence-corrected chi connectivity index (χ1v) is 8.82. The molecule has 2 aromatic rings. The summed E-state index contributed by atoms with van der Waals surface area (Å²) in [6, 6.07) is -0.0780. The van der Waals surface area contributed by atoms with Crippen LogP contribution >= 0.6 is 0 Å². The van der Waals surface area contributed by atoms with E-state index < -0.39 is 0 Å². The number of aromatic nitrogens is 4. The van der Waals surface area contributed by atoms with Gasteiger partial charge in [0.2, 0.25) is 5.95 Å². The van der Waals surface area contributed by atoms with Gasteiger partial charge in [0.1, 0.15) is 0 Å². The first-order valence-electron chi connectivity index (χ1n) is 8.82. The number of aryl methyl sites for hydroxylation is 1. The Balaban J connectivity index is 2.31. The Morgan fingerprint density at radius 2 is 1.92 bits per heavy atom. The van der Waals surface area contributed by atoms with E-state index in [9.17, 15) is 9.59 Å². The van der Waals surface area contributed by atoms with Gasteiger partial charge in [-0.1, -0.05) is 13.8 Å². The van der Waals surface area contributed by atoms with Crippen molar-refractivity contribution in [1.29, 1.82) is 0 Å². The summed E-state index contributed by atoms with van der Waals surface area (Å²) in [6.07, 6.45) is 0.965. The lowest BCUT2D eigenvalue weighted by Gasteiger charge is -2.29. The van der Waals surface area contributed by atoms with Crippen molar-refractivity contribution in [2.45, 2.75) is 53.6 Å². The van der Waals surface area contributed by atoms with Crippen LogP contribution in [0.5, 0.6) is 0 Å². The highest BCUT2D eigenvalue weighted by atomic mass is 16.2. The Labute approximate surface area is 146 Å². The van der Waals surface area contributed by atoms with E-state index in [4.69, 9.17) is 0 Å². The van der Waals surface area contributed by atoms with Crippen LogP contribution in [0.25, 0.3) is 11.2 Å². The molecule has 0 bridgehead atoms. The summed E-state index contributed by atoms with van der Waals surface area (Å²) in [5, 5.41) is 6.52. The molecule has 0 saturated carbocycles. The van der Waals surface area contributed by atoms with E-state index in [0.717, 1.165) is 18.7 Å². The zero-order valence-electron chi connectivity index (χ0n) is 15.8. The van der Waals surface area contributed by atoms with E-state index in [-0.39, 0.29) is 17.3 Å². The maximum atomic E-state index is 12.9. The zero-order chi connectivity index (χ0) is 18.5. The summed E-state index contributed by atoms with van der Waals surface area (Å²) in [4.78, 5) is 30.0. The van der Waals surface area contributed by atoms with E-state index in [1.54, 1.807) is 14.0 Å². The van der Waals surface area contributed by atoms with Crippen LogP contribution in [0.1, 0.15) is 47.1 Å². The van der Waals surface area contributed by atoms with Crippen LogP contribution in [0.15, 0.2) is 14.7 Å². The third-order valence-electron chi connectivity index (χ3n) is 4.89. The lowest BCUT2D eigenvalue weighted by Crippen LogP contribution is -2.40. The molecule has 2 aromatic heterocycles. The third-order valence-corrected chi connectivity index (χ3v) is 4.89. The zero-order valence-corrected chi connectivity index (χ0v) is 15.8. The van der Waals surface area contributed by atoms with Crippen LogP contribution in [-0.4, -0.2) is 30.9 Å². The number of fused-ring (bicyclic) bond motifs is 3. The number of hydrazone groups is 1. The molecule has 1 aliphatic heterocycles. The first-order chi connectivity index (χ1) is 11.8. The van der Waals surface area contributed by atoms with Crippen molar-refractivity contribution in [2.75, 3.05) is 11.6 Å². The van der Waals surface area contributed by atoms with Gasteiger partial charge in [-0.25, -0.2) is 9.80 Å². The van der Waals surface area contributed by atoms with Crippen LogP contribution in [-0.2, 0) is 13.6 Å². The van der Waals surface area contributed by atoms with Gasteiger partial charge in [0.05, 0.1) is 11.8 Å². The maximum absolute atomic E-state index is 12.9. The summed E-state index contributed by atoms with van der Waals surface area (Å²) in [5.74, 6) is 1.17. The minimum Gasteiger partial charge on any atom is -0.294 e. The molecule has 25 heavy (non-hydrogen) atoms. The second-order valence-corrected chi connectivity index (χ2v) is 7.07. The van der Waals surface area contributed by atoms with Gasteiger partial charge in [-0.2, -0.15) is 10.1 Å². The standard InChI is InChI=1S/C17H26N6O2/c1-7-21-15(24)13-14(20(6)17(21)25)18-16-22(9-8-10(2)3)19-11(4)12(5)23(13)16/h10,12H,7-9H2,1-6H3/t12-/m1/s1. The SMILES string of the molecule is CCn1c(=O)c2c(nc3n2[C@H](C)C(C)=NN3CCC(C)C)n(C)c1=O. The topological polar surface area (TPSA) is 77.4 Å². The highest BCUT2D eigenvalue weighted by Crippen LogP contribution is 2.30. The summed E-state index contributed by atoms with van der Waals surface area (Å²) in [7, 11) is 1.66. The highest BCUT2D eigenvalue weighted by Gasteiger charge is 2.30. The minimum absolute atomic E-state index is 0.0780. The average molecular weight is 346 g/mol. The molecule has 0 radical (unpaired) electrons. The molecule has 0 unspecified atom stereocenters. The molecule has 0 N–H and O–H groups in total. The quantitative estimate of drug-likeness (QED) is 0.844. The van der Waals surface area contributed by atoms with Gasteiger partial charge in [0, 0.05) is 20.1 Å². The molecule has 1 aliphatic rings. The molecule has 8 nitrogen and oxygen atoms in total. The van der Waals surface area contributed by atoms with Crippen molar-refractivity contribution in [3.05, 3.63) is 20.8 Å². The second-order valence-electron chi connectivity index (χ2n) is 7.07. The normalized spacial score (nSPS) is 17.3. The maximum Gasteiger partial charge on any atom is 0.332 e. The smallest absolute Gasteiger partial charge is 0.294 e. The fourth-order valence-electron chi connectivity index (χ4n) is 3.19. The van der Waals surface area contributed by atoms with Gasteiger partial charge in [0.15, 0.2) is 11.2 Å². The molecular weight excluding hydrogens is 320 g/mol. The number of rotatable bonds is 4. The van der Waals surface area contributed by atoms with E-state index in [0.29, 0.717) is 29.6 Å². The molecular formula is C17H26N6O2. The summed E-state index contributed by atoms with van der Waals surface area (Å²) in [5.41, 5.74) is 1.18. The van der Waals surface area contributed by atoms with E-state index >= 15 is 0 Å². The molecule has 8 heteroatoms. The van der Waals surface area contributed by atoms with Gasteiger partial charge < -0.3 is 0 Å². The number of anilines is 1. The summed E-state index contributed by atoms with van der Waals surface area (Å²) in [6.45, 7) is 11.1. The van der Waals surface area contributed by atoms with Gasteiger partial charge in [-0.15, -0.1) is 0 Å². The van der Waals surface area contributed by atoms with Crippen LogP contribution < -0.4 is 16.3 Å². The van der Waals surface area contributed by atoms with E-state index in [1.807, 2.05) is 23.4 Å². The van der Waals surface area contributed by atoms with Gasteiger partial charge in [-0.05, 0) is 33.1 Å². The lowest BCUT2D eigenvalue weighted by molar-refractivity contribution is 0.554. The molecule has 0 fully saturated rings. The second kappa shape index (κ2) is 6.16. The molecule has 3 rings (SSSR count). The van der Waals surface area contributed by atoms with Gasteiger partial charge in [0.25, 0.3) is 5.56 Å². The number of nitrogens with zero attached hydrogens (tertiary/aromatic N) is 6. The van der Waals surface area contributed by atoms with Crippen molar-refractivity contribution in [3.8, 4) is 0 Å². The molecule has 136 valence electrons. The predicted octanol–water partition coefficient (Wildman–Crippen LogP) is 1.72. The van der Waals surface area contributed by atoms with E-state index in [1.165, 1.54) is 9.13 Å². The average Bonchev–Trinajstić information content (AvgIpc) is 2.96. The van der Waals surface area contributed by atoms with E-state index in [2.05, 4.69) is 23.9 Å². The first kappa shape index (κ1) is 17.4. The Hall–Kier alpha value is -2.38. The predicted molar refractivity (Wildman–Crippen MR) is 99.5 cm³/mol. The van der Waals surface area contributed by atoms with Crippen LogP contribution in [0.2, 0.25) is 0 Å². The molecule has 0 saturated heterocycles. The van der Waals surface area contributed by atoms with Crippen LogP contribution in [0, 0.1) is 5.92 Å². The van der Waals surface area contributed by atoms with Crippen LogP contribution in [0.3, 0.4) is 0 Å². The molecule has 0 amide bonds. The Kier molecular flexibility index (Phi) is 4.30. The van der Waals surface area contributed by atoms with Crippen molar-refractivity contribution >= 4 is 22.8 Å². The molecule has 0 spiro atoms. The van der Waals surface area contributed by atoms with Crippen molar-refractivity contribution in [1.82, 2.24) is 18.7 Å². The number of hydrogen-bond acceptors (Lipinski definition) is 5. The molecule has 0 aromatic carbocycles. The molecule has 1 atom stereocenters. The van der Waals surface area contributed by atoms with Gasteiger partial charge in [-0.3, -0.25) is 18.5 Å². The monoisotopic (exact) mass is 346 g/mol. The Bertz CT molecular complexity index is 962. The largest absolute Gasteiger partial charge is 0.332 e. The van der Waals surface area contributed by atoms with Crippen molar-refractivity contribution in [3.63, 3.8) is 0 Å². The summed E-state index contributed by atoms with van der Waals surface area (Å²) >= 11 is 0. The third kappa shape index (κ3) is 2.60. The Morgan fingerprint density at radius 1 is 1.24 bits per heavy atom. The fraction of sp³-hybridized carbons (Fsp3) is 0.647. The minimum atomic E-state index is -0.338. The van der Waals surface area contributed by atoms with Crippen molar-refractivity contribution in [2.24, 2.45) is 18.1 Å². The van der Waals surface area contributed by atoms with Gasteiger partial charge >= 0.3 is 5.69 Å². The number of hydrogen-bond donors (Lipinski definition) is 0. The summed E-state index contributed by atoms with van der Waals surface area (Å²) < 4.78 is 4.63. The fourth-order valence-corrected chi connectivity index (χ4v) is 3.19. The van der Waals surface area contributed by atoms with Crippen molar-refractivity contribution < 1.29 is 0 Å². The van der Waals surface area contributed by atoms with Crippen LogP contribution in [0.4, 0.5) is 5.95 Å². The Morgan fingerprint density at radius 3 is 2.52 bits per heavy atom. The molecule has 0 aliphatic carbocycles. The lowest BCUT2D eigenvalue weighted by atomic mass is 10.1. The molecule has 3 heterocycles. The highest BCUT2D eigenvalue weighted by molar-refractivity contribution is 5.91. The number of imidazole rings is 1.